The number of nitrogens with zero attached hydrogens (tertiary/aromatic N) is 4. The van der Waals surface area contributed by atoms with Crippen molar-refractivity contribution in [2.45, 2.75) is 0 Å². The minimum Gasteiger partial charge on any atom is -0.264 e. The maximum atomic E-state index is 4.74. The lowest BCUT2D eigenvalue weighted by atomic mass is 10.1. The summed E-state index contributed by atoms with van der Waals surface area (Å²) in [6, 6.07) is 23.6. The molecule has 0 amide bonds. The number of anilines is 1. The van der Waals surface area contributed by atoms with E-state index >= 15 is 0 Å². The lowest BCUT2D eigenvalue weighted by Crippen LogP contribution is -1.99. The first-order chi connectivity index (χ1) is 13.8. The molecule has 2 aromatic heterocycles. The lowest BCUT2D eigenvalue weighted by Gasteiger charge is -2.08. The molecule has 0 spiro atoms. The van der Waals surface area contributed by atoms with Crippen molar-refractivity contribution in [3.8, 4) is 22.6 Å². The molecule has 0 radical (unpaired) electrons. The minimum absolute atomic E-state index is 0.618. The van der Waals surface area contributed by atoms with Crippen molar-refractivity contribution in [2.24, 2.45) is 5.10 Å². The van der Waals surface area contributed by atoms with E-state index in [-0.39, 0.29) is 0 Å². The van der Waals surface area contributed by atoms with Crippen LogP contribution < -0.4 is 5.43 Å². The summed E-state index contributed by atoms with van der Waals surface area (Å²) in [6.45, 7) is 0. The second-order valence-electron chi connectivity index (χ2n) is 5.99. The summed E-state index contributed by atoms with van der Waals surface area (Å²) in [6.07, 6.45) is 5.18. The van der Waals surface area contributed by atoms with Gasteiger partial charge in [0, 0.05) is 39.6 Å². The third-order valence-corrected chi connectivity index (χ3v) is 4.50. The van der Waals surface area contributed by atoms with Crippen LogP contribution in [0.4, 0.5) is 5.82 Å². The number of hydrazone groups is 1. The van der Waals surface area contributed by atoms with Crippen molar-refractivity contribution in [1.82, 2.24) is 15.0 Å². The number of hydrogen-bond donors (Lipinski definition) is 1. The molecule has 136 valence electrons. The number of halogens is 1. The van der Waals surface area contributed by atoms with Crippen LogP contribution in [-0.2, 0) is 0 Å². The molecular formula is C22H16BrN5. The summed E-state index contributed by atoms with van der Waals surface area (Å²) in [7, 11) is 0. The van der Waals surface area contributed by atoms with E-state index in [1.54, 1.807) is 18.6 Å². The van der Waals surface area contributed by atoms with E-state index in [0.717, 1.165) is 26.9 Å². The van der Waals surface area contributed by atoms with E-state index in [1.165, 1.54) is 0 Å². The van der Waals surface area contributed by atoms with Gasteiger partial charge in [-0.25, -0.2) is 9.97 Å². The van der Waals surface area contributed by atoms with Gasteiger partial charge in [0.25, 0.3) is 0 Å². The van der Waals surface area contributed by atoms with Gasteiger partial charge >= 0.3 is 0 Å². The fourth-order valence-electron chi connectivity index (χ4n) is 2.61. The fourth-order valence-corrected chi connectivity index (χ4v) is 2.88. The maximum Gasteiger partial charge on any atom is 0.162 e. The molecule has 0 bridgehead atoms. The van der Waals surface area contributed by atoms with Gasteiger partial charge in [-0.1, -0.05) is 64.5 Å². The molecule has 0 atom stereocenters. The van der Waals surface area contributed by atoms with Crippen LogP contribution in [0.15, 0.2) is 94.8 Å². The largest absolute Gasteiger partial charge is 0.264 e. The van der Waals surface area contributed by atoms with E-state index in [4.69, 9.17) is 4.98 Å². The monoisotopic (exact) mass is 429 g/mol. The molecule has 5 nitrogen and oxygen atoms in total. The summed E-state index contributed by atoms with van der Waals surface area (Å²) < 4.78 is 1.01. The van der Waals surface area contributed by atoms with Gasteiger partial charge in [-0.05, 0) is 18.2 Å². The second kappa shape index (κ2) is 8.54. The van der Waals surface area contributed by atoms with Crippen LogP contribution in [0.25, 0.3) is 22.6 Å². The highest BCUT2D eigenvalue weighted by molar-refractivity contribution is 9.10. The van der Waals surface area contributed by atoms with Crippen LogP contribution in [0.1, 0.15) is 5.56 Å². The predicted octanol–water partition coefficient (Wildman–Crippen LogP) is 5.41. The summed E-state index contributed by atoms with van der Waals surface area (Å²) >= 11 is 3.46. The van der Waals surface area contributed by atoms with Crippen LogP contribution in [0.3, 0.4) is 0 Å². The van der Waals surface area contributed by atoms with Crippen LogP contribution >= 0.6 is 15.9 Å². The Morgan fingerprint density at radius 1 is 0.857 bits per heavy atom. The molecular weight excluding hydrogens is 414 g/mol. The number of aromatic nitrogens is 3. The first-order valence-electron chi connectivity index (χ1n) is 8.67. The third kappa shape index (κ3) is 4.47. The van der Waals surface area contributed by atoms with E-state index in [9.17, 15) is 0 Å². The lowest BCUT2D eigenvalue weighted by molar-refractivity contribution is 1.15. The summed E-state index contributed by atoms with van der Waals surface area (Å²) in [5, 5.41) is 4.28. The zero-order valence-corrected chi connectivity index (χ0v) is 16.4. The number of benzene rings is 2. The first kappa shape index (κ1) is 18.0. The Kier molecular flexibility index (Phi) is 5.49. The number of pyridine rings is 1. The van der Waals surface area contributed by atoms with Gasteiger partial charge in [-0.15, -0.1) is 0 Å². The molecule has 4 aromatic rings. The molecule has 2 heterocycles. The second-order valence-corrected chi connectivity index (χ2v) is 6.91. The Hall–Kier alpha value is -3.38. The van der Waals surface area contributed by atoms with Crippen molar-refractivity contribution in [3.05, 3.63) is 95.2 Å². The molecule has 0 saturated carbocycles. The molecule has 6 heteroatoms. The Morgan fingerprint density at radius 3 is 2.43 bits per heavy atom. The Morgan fingerprint density at radius 2 is 1.68 bits per heavy atom. The van der Waals surface area contributed by atoms with E-state index < -0.39 is 0 Å². The smallest absolute Gasteiger partial charge is 0.162 e. The van der Waals surface area contributed by atoms with Crippen molar-refractivity contribution in [3.63, 3.8) is 0 Å². The number of rotatable bonds is 5. The zero-order valence-electron chi connectivity index (χ0n) is 14.8. The SMILES string of the molecule is Brc1ccc(-c2nc(N/N=C/c3cccnc3)cc(-c3ccccc3)n2)cc1. The normalized spacial score (nSPS) is 10.9. The molecule has 0 unspecified atom stereocenters. The Labute approximate surface area is 171 Å². The zero-order chi connectivity index (χ0) is 19.2. The highest BCUT2D eigenvalue weighted by Gasteiger charge is 2.08. The molecule has 2 aromatic carbocycles. The third-order valence-electron chi connectivity index (χ3n) is 3.98. The van der Waals surface area contributed by atoms with Gasteiger partial charge in [0.1, 0.15) is 0 Å². The first-order valence-corrected chi connectivity index (χ1v) is 9.47. The van der Waals surface area contributed by atoms with Gasteiger partial charge in [0.2, 0.25) is 0 Å². The highest BCUT2D eigenvalue weighted by atomic mass is 79.9. The van der Waals surface area contributed by atoms with Crippen molar-refractivity contribution >= 4 is 28.0 Å². The fraction of sp³-hybridized carbons (Fsp3) is 0. The quantitative estimate of drug-likeness (QED) is 0.340. The molecule has 28 heavy (non-hydrogen) atoms. The van der Waals surface area contributed by atoms with Crippen LogP contribution in [0, 0.1) is 0 Å². The molecule has 0 aliphatic heterocycles. The maximum absolute atomic E-state index is 4.74. The number of nitrogens with one attached hydrogen (secondary N) is 1. The Bertz CT molecular complexity index is 1080. The highest BCUT2D eigenvalue weighted by Crippen LogP contribution is 2.25. The molecule has 0 fully saturated rings. The topological polar surface area (TPSA) is 63.1 Å². The summed E-state index contributed by atoms with van der Waals surface area (Å²) in [5.74, 6) is 1.25. The number of hydrogen-bond acceptors (Lipinski definition) is 5. The average molecular weight is 430 g/mol. The van der Waals surface area contributed by atoms with E-state index in [2.05, 4.69) is 36.4 Å². The molecule has 1 N–H and O–H groups in total. The summed E-state index contributed by atoms with van der Waals surface area (Å²) in [4.78, 5) is 13.4. The van der Waals surface area contributed by atoms with Gasteiger partial charge < -0.3 is 0 Å². The van der Waals surface area contributed by atoms with Gasteiger partial charge in [0.05, 0.1) is 11.9 Å². The molecule has 0 saturated heterocycles. The van der Waals surface area contributed by atoms with Crippen LogP contribution in [-0.4, -0.2) is 21.2 Å². The van der Waals surface area contributed by atoms with Gasteiger partial charge in [0.15, 0.2) is 11.6 Å². The van der Waals surface area contributed by atoms with Crippen molar-refractivity contribution < 1.29 is 0 Å². The van der Waals surface area contributed by atoms with E-state index in [0.29, 0.717) is 11.6 Å². The van der Waals surface area contributed by atoms with Crippen LogP contribution in [0.5, 0.6) is 0 Å². The summed E-state index contributed by atoms with van der Waals surface area (Å²) in [5.41, 5.74) is 6.68. The van der Waals surface area contributed by atoms with Gasteiger partial charge in [-0.2, -0.15) is 5.10 Å². The molecule has 0 aliphatic rings. The predicted molar refractivity (Wildman–Crippen MR) is 116 cm³/mol. The minimum atomic E-state index is 0.618. The Balaban J connectivity index is 1.69. The standard InChI is InChI=1S/C22H16BrN5/c23-19-10-8-18(9-11-19)22-26-20(17-6-2-1-3-7-17)13-21(27-22)28-25-15-16-5-4-12-24-14-16/h1-15H,(H,26,27,28)/b25-15+. The van der Waals surface area contributed by atoms with Crippen LogP contribution in [0.2, 0.25) is 0 Å². The average Bonchev–Trinajstić information content (AvgIpc) is 2.75. The van der Waals surface area contributed by atoms with Crippen molar-refractivity contribution in [1.29, 1.82) is 0 Å². The molecule has 0 aliphatic carbocycles. The van der Waals surface area contributed by atoms with Gasteiger partial charge in [-0.3, -0.25) is 10.4 Å². The van der Waals surface area contributed by atoms with Crippen molar-refractivity contribution in [2.75, 3.05) is 5.43 Å². The molecule has 4 rings (SSSR count). The van der Waals surface area contributed by atoms with E-state index in [1.807, 2.05) is 72.8 Å².